The van der Waals surface area contributed by atoms with E-state index in [1.807, 2.05) is 6.92 Å². The summed E-state index contributed by atoms with van der Waals surface area (Å²) in [6.07, 6.45) is 0. The van der Waals surface area contributed by atoms with Gasteiger partial charge in [0.25, 0.3) is 5.91 Å². The van der Waals surface area contributed by atoms with Crippen molar-refractivity contribution in [3.05, 3.63) is 44.6 Å². The summed E-state index contributed by atoms with van der Waals surface area (Å²) in [5, 5.41) is 14.2. The molecule has 0 spiro atoms. The predicted molar refractivity (Wildman–Crippen MR) is 88.3 cm³/mol. The Labute approximate surface area is 135 Å². The highest BCUT2D eigenvalue weighted by molar-refractivity contribution is 14.1. The molecule has 1 aromatic heterocycles. The van der Waals surface area contributed by atoms with Gasteiger partial charge in [0, 0.05) is 15.1 Å². The molecule has 0 aliphatic rings. The van der Waals surface area contributed by atoms with Crippen LogP contribution in [-0.4, -0.2) is 22.6 Å². The number of carbonyl (C=O) groups is 1. The molecule has 0 saturated carbocycles. The van der Waals surface area contributed by atoms with Crippen molar-refractivity contribution in [1.82, 2.24) is 10.2 Å². The lowest BCUT2D eigenvalue weighted by molar-refractivity contribution is 0.102. The summed E-state index contributed by atoms with van der Waals surface area (Å²) in [4.78, 5) is 12.1. The first-order valence-corrected chi connectivity index (χ1v) is 7.40. The van der Waals surface area contributed by atoms with Gasteiger partial charge in [0.05, 0.1) is 5.69 Å². The maximum absolute atomic E-state index is 12.1. The maximum atomic E-state index is 12.1. The molecule has 0 fully saturated rings. The van der Waals surface area contributed by atoms with Crippen LogP contribution in [-0.2, 0) is 0 Å². The number of rotatable bonds is 4. The third-order valence-electron chi connectivity index (χ3n) is 2.43. The second-order valence-corrected chi connectivity index (χ2v) is 5.51. The van der Waals surface area contributed by atoms with E-state index in [1.165, 1.54) is 0 Å². The second-order valence-electron chi connectivity index (χ2n) is 3.91. The quantitative estimate of drug-likeness (QED) is 0.769. The molecule has 1 heterocycles. The van der Waals surface area contributed by atoms with E-state index in [-0.39, 0.29) is 11.6 Å². The molecule has 1 aromatic carbocycles. The van der Waals surface area contributed by atoms with E-state index in [0.29, 0.717) is 16.5 Å². The molecule has 20 heavy (non-hydrogen) atoms. The van der Waals surface area contributed by atoms with Gasteiger partial charge in [-0.15, -0.1) is 10.2 Å². The van der Waals surface area contributed by atoms with E-state index in [0.717, 1.165) is 10.1 Å². The largest absolute Gasteiger partial charge is 0.369 e. The van der Waals surface area contributed by atoms with Crippen LogP contribution in [0, 0.1) is 3.57 Å². The number of carbonyl (C=O) groups excluding carboxylic acids is 1. The fourth-order valence-electron chi connectivity index (χ4n) is 1.51. The molecule has 104 valence electrons. The Morgan fingerprint density at radius 1 is 1.30 bits per heavy atom. The topological polar surface area (TPSA) is 66.9 Å². The molecule has 7 heteroatoms. The Hall–Kier alpha value is -1.41. The van der Waals surface area contributed by atoms with E-state index in [2.05, 4.69) is 43.4 Å². The van der Waals surface area contributed by atoms with Gasteiger partial charge < -0.3 is 10.6 Å². The minimum atomic E-state index is -0.305. The van der Waals surface area contributed by atoms with E-state index >= 15 is 0 Å². The summed E-state index contributed by atoms with van der Waals surface area (Å²) in [5.74, 6) is 0.339. The third-order valence-corrected chi connectivity index (χ3v) is 3.56. The van der Waals surface area contributed by atoms with Crippen molar-refractivity contribution in [3.8, 4) is 0 Å². The lowest BCUT2D eigenvalue weighted by atomic mass is 10.3. The highest BCUT2D eigenvalue weighted by Gasteiger charge is 2.10. The normalized spacial score (nSPS) is 10.2. The molecule has 0 unspecified atom stereocenters. The zero-order valence-corrected chi connectivity index (χ0v) is 13.6. The molecule has 2 N–H and O–H groups in total. The van der Waals surface area contributed by atoms with Gasteiger partial charge in [-0.1, -0.05) is 11.6 Å². The van der Waals surface area contributed by atoms with E-state index < -0.39 is 0 Å². The summed E-state index contributed by atoms with van der Waals surface area (Å²) >= 11 is 7.98. The first-order chi connectivity index (χ1) is 9.60. The van der Waals surface area contributed by atoms with E-state index in [9.17, 15) is 4.79 Å². The Kier molecular flexibility index (Phi) is 5.13. The summed E-state index contributed by atoms with van der Waals surface area (Å²) < 4.78 is 0.862. The zero-order valence-electron chi connectivity index (χ0n) is 10.7. The number of hydrogen-bond donors (Lipinski definition) is 2. The maximum Gasteiger partial charge on any atom is 0.276 e. The highest BCUT2D eigenvalue weighted by atomic mass is 127. The first kappa shape index (κ1) is 15.0. The molecular weight excluding hydrogens is 391 g/mol. The van der Waals surface area contributed by atoms with Crippen molar-refractivity contribution in [2.24, 2.45) is 0 Å². The van der Waals surface area contributed by atoms with Crippen LogP contribution >= 0.6 is 34.2 Å². The minimum Gasteiger partial charge on any atom is -0.369 e. The summed E-state index contributed by atoms with van der Waals surface area (Å²) in [6.45, 7) is 2.72. The summed E-state index contributed by atoms with van der Waals surface area (Å²) in [6, 6.07) is 8.60. The fraction of sp³-hybridized carbons (Fsp3) is 0.154. The van der Waals surface area contributed by atoms with Gasteiger partial charge in [0.1, 0.15) is 5.82 Å². The van der Waals surface area contributed by atoms with Crippen molar-refractivity contribution in [1.29, 1.82) is 0 Å². The number of amides is 1. The Balaban J connectivity index is 2.11. The average molecular weight is 403 g/mol. The molecular formula is C13H12ClIN4O. The third kappa shape index (κ3) is 3.80. The van der Waals surface area contributed by atoms with Crippen LogP contribution < -0.4 is 10.6 Å². The lowest BCUT2D eigenvalue weighted by Crippen LogP contribution is -2.15. The van der Waals surface area contributed by atoms with Crippen molar-refractivity contribution in [2.45, 2.75) is 6.92 Å². The molecule has 0 atom stereocenters. The molecule has 2 aromatic rings. The molecule has 2 rings (SSSR count). The minimum absolute atomic E-state index is 0.261. The van der Waals surface area contributed by atoms with Crippen molar-refractivity contribution in [3.63, 3.8) is 0 Å². The van der Waals surface area contributed by atoms with Crippen LogP contribution in [0.15, 0.2) is 30.3 Å². The number of anilines is 2. The smallest absolute Gasteiger partial charge is 0.276 e. The number of hydrogen-bond acceptors (Lipinski definition) is 4. The number of nitrogens with one attached hydrogen (secondary N) is 2. The number of nitrogens with zero attached hydrogens (tertiary/aromatic N) is 2. The Morgan fingerprint density at radius 2 is 2.10 bits per heavy atom. The van der Waals surface area contributed by atoms with Crippen LogP contribution in [0.4, 0.5) is 11.5 Å². The van der Waals surface area contributed by atoms with Gasteiger partial charge in [-0.2, -0.15) is 0 Å². The number of benzene rings is 1. The van der Waals surface area contributed by atoms with Crippen molar-refractivity contribution < 1.29 is 4.79 Å². The van der Waals surface area contributed by atoms with Crippen LogP contribution in [0.25, 0.3) is 0 Å². The van der Waals surface area contributed by atoms with Gasteiger partial charge in [0.15, 0.2) is 5.69 Å². The van der Waals surface area contributed by atoms with Gasteiger partial charge in [-0.05, 0) is 59.8 Å². The van der Waals surface area contributed by atoms with Crippen LogP contribution in [0.1, 0.15) is 17.4 Å². The zero-order chi connectivity index (χ0) is 14.5. The van der Waals surface area contributed by atoms with Crippen LogP contribution in [0.2, 0.25) is 5.02 Å². The standard InChI is InChI=1S/C13H12ClIN4O/c1-2-16-12-6-5-11(18-19-12)13(20)17-10-4-3-8(14)7-9(10)15/h3-7H,2H2,1H3,(H,16,19)(H,17,20). The van der Waals surface area contributed by atoms with Crippen molar-refractivity contribution >= 4 is 51.6 Å². The SMILES string of the molecule is CCNc1ccc(C(=O)Nc2ccc(Cl)cc2I)nn1. The monoisotopic (exact) mass is 402 g/mol. The first-order valence-electron chi connectivity index (χ1n) is 5.94. The lowest BCUT2D eigenvalue weighted by Gasteiger charge is -2.07. The molecule has 0 radical (unpaired) electrons. The highest BCUT2D eigenvalue weighted by Crippen LogP contribution is 2.22. The number of aromatic nitrogens is 2. The predicted octanol–water partition coefficient (Wildman–Crippen LogP) is 3.42. The molecule has 0 aliphatic heterocycles. The molecule has 1 amide bonds. The second kappa shape index (κ2) is 6.85. The average Bonchev–Trinajstić information content (AvgIpc) is 2.43. The van der Waals surface area contributed by atoms with Gasteiger partial charge in [0.2, 0.25) is 0 Å². The van der Waals surface area contributed by atoms with Crippen LogP contribution in [0.3, 0.4) is 0 Å². The summed E-state index contributed by atoms with van der Waals surface area (Å²) in [7, 11) is 0. The van der Waals surface area contributed by atoms with Crippen LogP contribution in [0.5, 0.6) is 0 Å². The summed E-state index contributed by atoms with van der Waals surface area (Å²) in [5.41, 5.74) is 0.954. The van der Waals surface area contributed by atoms with Gasteiger partial charge >= 0.3 is 0 Å². The van der Waals surface area contributed by atoms with Gasteiger partial charge in [-0.25, -0.2) is 0 Å². The van der Waals surface area contributed by atoms with E-state index in [4.69, 9.17) is 11.6 Å². The Morgan fingerprint density at radius 3 is 2.70 bits per heavy atom. The molecule has 0 bridgehead atoms. The molecule has 0 saturated heterocycles. The molecule has 0 aliphatic carbocycles. The van der Waals surface area contributed by atoms with Gasteiger partial charge in [-0.3, -0.25) is 4.79 Å². The van der Waals surface area contributed by atoms with Crippen molar-refractivity contribution in [2.75, 3.05) is 17.2 Å². The number of halogens is 2. The Bertz CT molecular complexity index is 618. The van der Waals surface area contributed by atoms with E-state index in [1.54, 1.807) is 30.3 Å². The molecule has 5 nitrogen and oxygen atoms in total. The fourth-order valence-corrected chi connectivity index (χ4v) is 2.51.